The lowest BCUT2D eigenvalue weighted by molar-refractivity contribution is 0.416. The predicted octanol–water partition coefficient (Wildman–Crippen LogP) is 1.53. The lowest BCUT2D eigenvalue weighted by atomic mass is 10.2. The fourth-order valence-corrected chi connectivity index (χ4v) is 2.05. The van der Waals surface area contributed by atoms with Crippen LogP contribution < -0.4 is 15.5 Å². The van der Waals surface area contributed by atoms with Gasteiger partial charge in [0.1, 0.15) is 0 Å². The number of nitrogens with one attached hydrogen (secondary N) is 3. The zero-order valence-corrected chi connectivity index (χ0v) is 11.2. The van der Waals surface area contributed by atoms with Crippen molar-refractivity contribution in [1.82, 2.24) is 9.74 Å². The first-order chi connectivity index (χ1) is 8.69. The number of hydrogen-bond acceptors (Lipinski definition) is 3. The molecule has 0 unspecified atom stereocenters. The zero-order chi connectivity index (χ0) is 13.0. The second-order valence-electron chi connectivity index (χ2n) is 4.19. The molecule has 0 spiro atoms. The topological polar surface area (TPSA) is 54.4 Å². The van der Waals surface area contributed by atoms with Crippen LogP contribution in [0.5, 0.6) is 0 Å². The molecule has 18 heavy (non-hydrogen) atoms. The van der Waals surface area contributed by atoms with Crippen molar-refractivity contribution >= 4 is 29.1 Å². The smallest absolute Gasteiger partial charge is 0.192 e. The molecule has 1 saturated heterocycles. The number of benzene rings is 1. The SMILES string of the molecule is CNC(=N)Nc1ccc(N2CCN(Cl)CC2)cc1. The third-order valence-corrected chi connectivity index (χ3v) is 3.31. The van der Waals surface area contributed by atoms with Gasteiger partial charge in [0, 0.05) is 44.6 Å². The number of nitrogens with zero attached hydrogens (tertiary/aromatic N) is 2. The van der Waals surface area contributed by atoms with E-state index < -0.39 is 0 Å². The van der Waals surface area contributed by atoms with Gasteiger partial charge in [-0.2, -0.15) is 0 Å². The number of anilines is 2. The highest BCUT2D eigenvalue weighted by Gasteiger charge is 2.15. The summed E-state index contributed by atoms with van der Waals surface area (Å²) in [6, 6.07) is 8.09. The normalized spacial score (nSPS) is 16.4. The number of rotatable bonds is 2. The van der Waals surface area contributed by atoms with Gasteiger partial charge in [0.2, 0.25) is 0 Å². The van der Waals surface area contributed by atoms with Crippen LogP contribution in [0.25, 0.3) is 0 Å². The van der Waals surface area contributed by atoms with E-state index in [0.29, 0.717) is 5.96 Å². The van der Waals surface area contributed by atoms with E-state index in [0.717, 1.165) is 31.9 Å². The maximum Gasteiger partial charge on any atom is 0.192 e. The summed E-state index contributed by atoms with van der Waals surface area (Å²) in [4.78, 5) is 2.31. The fourth-order valence-electron chi connectivity index (χ4n) is 1.90. The summed E-state index contributed by atoms with van der Waals surface area (Å²) in [5.41, 5.74) is 2.11. The molecule has 98 valence electrons. The third-order valence-electron chi connectivity index (χ3n) is 2.98. The molecular weight excluding hydrogens is 250 g/mol. The Morgan fingerprint density at radius 3 is 2.33 bits per heavy atom. The molecule has 0 amide bonds. The summed E-state index contributed by atoms with van der Waals surface area (Å²) in [6.07, 6.45) is 0. The van der Waals surface area contributed by atoms with Crippen molar-refractivity contribution in [1.29, 1.82) is 5.41 Å². The summed E-state index contributed by atoms with van der Waals surface area (Å²) in [5, 5.41) is 13.2. The van der Waals surface area contributed by atoms with Crippen molar-refractivity contribution in [3.63, 3.8) is 0 Å². The minimum Gasteiger partial charge on any atom is -0.369 e. The van der Waals surface area contributed by atoms with Crippen molar-refractivity contribution in [2.75, 3.05) is 43.4 Å². The molecule has 0 atom stereocenters. The zero-order valence-electron chi connectivity index (χ0n) is 10.4. The average Bonchev–Trinajstić information content (AvgIpc) is 2.40. The fraction of sp³-hybridized carbons (Fsp3) is 0.417. The van der Waals surface area contributed by atoms with Crippen LogP contribution in [0.4, 0.5) is 11.4 Å². The van der Waals surface area contributed by atoms with Crippen LogP contribution in [0, 0.1) is 5.41 Å². The summed E-state index contributed by atoms with van der Waals surface area (Å²) in [7, 11) is 1.72. The van der Waals surface area contributed by atoms with Gasteiger partial charge in [-0.15, -0.1) is 0 Å². The molecule has 1 aromatic rings. The molecule has 1 aromatic carbocycles. The Labute approximate surface area is 112 Å². The molecule has 0 radical (unpaired) electrons. The van der Waals surface area contributed by atoms with Gasteiger partial charge >= 0.3 is 0 Å². The quantitative estimate of drug-likeness (QED) is 0.432. The number of hydrogen-bond donors (Lipinski definition) is 3. The number of halogens is 1. The number of piperazine rings is 1. The van der Waals surface area contributed by atoms with Crippen molar-refractivity contribution in [3.05, 3.63) is 24.3 Å². The van der Waals surface area contributed by atoms with Crippen LogP contribution in [0.1, 0.15) is 0 Å². The molecule has 0 bridgehead atoms. The van der Waals surface area contributed by atoms with E-state index >= 15 is 0 Å². The Bertz CT molecular complexity index is 397. The highest BCUT2D eigenvalue weighted by Crippen LogP contribution is 2.19. The van der Waals surface area contributed by atoms with Gasteiger partial charge in [-0.3, -0.25) is 5.41 Å². The summed E-state index contributed by atoms with van der Waals surface area (Å²) >= 11 is 5.93. The molecular formula is C12H18ClN5. The second-order valence-corrected chi connectivity index (χ2v) is 4.67. The Balaban J connectivity index is 1.97. The van der Waals surface area contributed by atoms with Crippen LogP contribution in [0.3, 0.4) is 0 Å². The van der Waals surface area contributed by atoms with Crippen molar-refractivity contribution in [3.8, 4) is 0 Å². The summed E-state index contributed by atoms with van der Waals surface area (Å²) in [6.45, 7) is 3.66. The lowest BCUT2D eigenvalue weighted by Gasteiger charge is -2.32. The molecule has 0 aliphatic carbocycles. The van der Waals surface area contributed by atoms with E-state index in [1.54, 1.807) is 7.05 Å². The number of guanidine groups is 1. The van der Waals surface area contributed by atoms with Gasteiger partial charge in [0.15, 0.2) is 5.96 Å². The molecule has 2 rings (SSSR count). The molecule has 0 saturated carbocycles. The van der Waals surface area contributed by atoms with Gasteiger partial charge in [0.25, 0.3) is 0 Å². The van der Waals surface area contributed by atoms with E-state index in [2.05, 4.69) is 27.7 Å². The van der Waals surface area contributed by atoms with Gasteiger partial charge < -0.3 is 15.5 Å². The van der Waals surface area contributed by atoms with Gasteiger partial charge in [-0.25, -0.2) is 4.42 Å². The standard InChI is InChI=1S/C12H18ClN5/c1-15-12(14)16-10-2-4-11(5-3-10)17-6-8-18(13)9-7-17/h2-5H,6-9H2,1H3,(H3,14,15,16). The summed E-state index contributed by atoms with van der Waals surface area (Å²) < 4.78 is 1.82. The Morgan fingerprint density at radius 2 is 1.78 bits per heavy atom. The predicted molar refractivity (Wildman–Crippen MR) is 76.5 cm³/mol. The Hall–Kier alpha value is -1.46. The van der Waals surface area contributed by atoms with Crippen molar-refractivity contribution in [2.24, 2.45) is 0 Å². The first kappa shape index (κ1) is 13.0. The van der Waals surface area contributed by atoms with Crippen molar-refractivity contribution in [2.45, 2.75) is 0 Å². The molecule has 1 fully saturated rings. The maximum absolute atomic E-state index is 7.49. The largest absolute Gasteiger partial charge is 0.369 e. The van der Waals surface area contributed by atoms with Crippen LogP contribution in [-0.2, 0) is 0 Å². The van der Waals surface area contributed by atoms with Gasteiger partial charge in [0.05, 0.1) is 0 Å². The minimum absolute atomic E-state index is 0.290. The van der Waals surface area contributed by atoms with Gasteiger partial charge in [-0.1, -0.05) is 0 Å². The lowest BCUT2D eigenvalue weighted by Crippen LogP contribution is -2.42. The molecule has 6 heteroatoms. The van der Waals surface area contributed by atoms with Crippen LogP contribution in [0.15, 0.2) is 24.3 Å². The van der Waals surface area contributed by atoms with E-state index in [9.17, 15) is 0 Å². The van der Waals surface area contributed by atoms with E-state index in [1.165, 1.54) is 5.69 Å². The third kappa shape index (κ3) is 3.27. The molecule has 1 aliphatic heterocycles. The second kappa shape index (κ2) is 5.93. The van der Waals surface area contributed by atoms with Crippen LogP contribution >= 0.6 is 11.8 Å². The van der Waals surface area contributed by atoms with Gasteiger partial charge in [-0.05, 0) is 36.0 Å². The summed E-state index contributed by atoms with van der Waals surface area (Å²) in [5.74, 6) is 0.290. The van der Waals surface area contributed by atoms with Crippen LogP contribution in [-0.4, -0.2) is 43.6 Å². The van der Waals surface area contributed by atoms with E-state index in [4.69, 9.17) is 17.2 Å². The first-order valence-corrected chi connectivity index (χ1v) is 6.32. The van der Waals surface area contributed by atoms with E-state index in [1.807, 2.05) is 16.6 Å². The monoisotopic (exact) mass is 267 g/mol. The Kier molecular flexibility index (Phi) is 4.28. The first-order valence-electron chi connectivity index (χ1n) is 5.98. The maximum atomic E-state index is 7.49. The minimum atomic E-state index is 0.290. The van der Waals surface area contributed by atoms with Crippen LogP contribution in [0.2, 0.25) is 0 Å². The molecule has 0 aromatic heterocycles. The molecule has 3 N–H and O–H groups in total. The van der Waals surface area contributed by atoms with Crippen molar-refractivity contribution < 1.29 is 0 Å². The molecule has 1 heterocycles. The highest BCUT2D eigenvalue weighted by molar-refractivity contribution is 6.13. The Morgan fingerprint density at radius 1 is 1.17 bits per heavy atom. The van der Waals surface area contributed by atoms with E-state index in [-0.39, 0.29) is 0 Å². The average molecular weight is 268 g/mol. The molecule has 5 nitrogen and oxygen atoms in total. The molecule has 1 aliphatic rings. The highest BCUT2D eigenvalue weighted by atomic mass is 35.5.